The number of carbonyl (C=O) groups is 2. The van der Waals surface area contributed by atoms with Gasteiger partial charge in [-0.2, -0.15) is 0 Å². The molecule has 0 atom stereocenters. The van der Waals surface area contributed by atoms with E-state index in [1.54, 1.807) is 42.5 Å². The smallest absolute Gasteiger partial charge is 0.270 e. The molecule has 37 heavy (non-hydrogen) atoms. The van der Waals surface area contributed by atoms with E-state index in [2.05, 4.69) is 27.9 Å². The Morgan fingerprint density at radius 3 is 2.59 bits per heavy atom. The second-order valence-corrected chi connectivity index (χ2v) is 9.76. The molecular formula is C27H22ClIN2O5S. The number of amides is 2. The van der Waals surface area contributed by atoms with Gasteiger partial charge in [-0.3, -0.25) is 19.8 Å². The molecule has 0 spiro atoms. The highest BCUT2D eigenvalue weighted by molar-refractivity contribution is 14.1. The molecule has 1 heterocycles. The molecule has 0 aromatic heterocycles. The van der Waals surface area contributed by atoms with Crippen LogP contribution in [0.2, 0.25) is 5.02 Å². The maximum atomic E-state index is 13.4. The van der Waals surface area contributed by atoms with Crippen molar-refractivity contribution in [2.45, 2.75) is 13.5 Å². The van der Waals surface area contributed by atoms with E-state index in [4.69, 9.17) is 38.0 Å². The van der Waals surface area contributed by atoms with Crippen LogP contribution in [0.25, 0.3) is 6.08 Å². The highest BCUT2D eigenvalue weighted by Crippen LogP contribution is 2.36. The number of rotatable bonds is 8. The molecule has 1 N–H and O–H groups in total. The lowest BCUT2D eigenvalue weighted by molar-refractivity contribution is -0.122. The molecule has 0 radical (unpaired) electrons. The number of nitrogens with one attached hydrogen (secondary N) is 1. The van der Waals surface area contributed by atoms with Crippen molar-refractivity contribution in [1.82, 2.24) is 5.32 Å². The van der Waals surface area contributed by atoms with Crippen molar-refractivity contribution in [1.29, 1.82) is 0 Å². The molecule has 2 amide bonds. The SMILES string of the molecule is CCOc1cccc(N2C(=O)/C(=C/c3cc(I)c(OCc4ccccc4Cl)c(OC)c3)C(=O)NC2=S)c1. The number of methoxy groups -OCH3 is 1. The van der Waals surface area contributed by atoms with Gasteiger partial charge in [-0.15, -0.1) is 0 Å². The van der Waals surface area contributed by atoms with Gasteiger partial charge >= 0.3 is 0 Å². The summed E-state index contributed by atoms with van der Waals surface area (Å²) in [6, 6.07) is 17.9. The first kappa shape index (κ1) is 26.9. The first-order valence-electron chi connectivity index (χ1n) is 11.2. The van der Waals surface area contributed by atoms with Crippen LogP contribution in [0.1, 0.15) is 18.1 Å². The average Bonchev–Trinajstić information content (AvgIpc) is 2.87. The summed E-state index contributed by atoms with van der Waals surface area (Å²) >= 11 is 13.7. The van der Waals surface area contributed by atoms with Crippen LogP contribution >= 0.6 is 46.4 Å². The van der Waals surface area contributed by atoms with E-state index in [-0.39, 0.29) is 17.3 Å². The maximum Gasteiger partial charge on any atom is 0.270 e. The highest BCUT2D eigenvalue weighted by atomic mass is 127. The Balaban J connectivity index is 1.64. The van der Waals surface area contributed by atoms with Crippen molar-refractivity contribution in [3.8, 4) is 17.2 Å². The quantitative estimate of drug-likeness (QED) is 0.145. The molecular weight excluding hydrogens is 627 g/mol. The zero-order chi connectivity index (χ0) is 26.5. The molecule has 1 aliphatic rings. The molecule has 0 saturated carbocycles. The zero-order valence-corrected chi connectivity index (χ0v) is 23.6. The van der Waals surface area contributed by atoms with E-state index in [1.807, 2.05) is 25.1 Å². The largest absolute Gasteiger partial charge is 0.494 e. The van der Waals surface area contributed by atoms with Crippen LogP contribution in [0.4, 0.5) is 5.69 Å². The fourth-order valence-electron chi connectivity index (χ4n) is 3.67. The first-order chi connectivity index (χ1) is 17.8. The van der Waals surface area contributed by atoms with Gasteiger partial charge in [-0.05, 0) is 83.7 Å². The summed E-state index contributed by atoms with van der Waals surface area (Å²) in [6.07, 6.45) is 1.50. The predicted octanol–water partition coefficient (Wildman–Crippen LogP) is 5.76. The van der Waals surface area contributed by atoms with Crippen LogP contribution in [-0.4, -0.2) is 30.6 Å². The lowest BCUT2D eigenvalue weighted by Gasteiger charge is -2.29. The maximum absolute atomic E-state index is 13.4. The third kappa shape index (κ3) is 6.06. The predicted molar refractivity (Wildman–Crippen MR) is 155 cm³/mol. The fraction of sp³-hybridized carbons (Fsp3) is 0.148. The minimum Gasteiger partial charge on any atom is -0.494 e. The molecule has 10 heteroatoms. The number of hydrogen-bond donors (Lipinski definition) is 1. The molecule has 1 saturated heterocycles. The third-order valence-electron chi connectivity index (χ3n) is 5.38. The Morgan fingerprint density at radius 2 is 1.86 bits per heavy atom. The Morgan fingerprint density at radius 1 is 1.08 bits per heavy atom. The minimum absolute atomic E-state index is 0.00344. The molecule has 0 unspecified atom stereocenters. The Hall–Kier alpha value is -3.15. The number of halogens is 2. The summed E-state index contributed by atoms with van der Waals surface area (Å²) in [4.78, 5) is 27.4. The lowest BCUT2D eigenvalue weighted by atomic mass is 10.1. The standard InChI is InChI=1S/C27H22ClIN2O5S/c1-3-35-19-9-6-8-18(14-19)31-26(33)20(25(32)30-27(31)37)11-16-12-22(29)24(23(13-16)34-2)36-15-17-7-4-5-10-21(17)28/h4-14H,3,15H2,1-2H3,(H,30,32,37)/b20-11+. The summed E-state index contributed by atoms with van der Waals surface area (Å²) in [6.45, 7) is 2.59. The van der Waals surface area contributed by atoms with E-state index in [1.165, 1.54) is 18.1 Å². The molecule has 7 nitrogen and oxygen atoms in total. The minimum atomic E-state index is -0.583. The van der Waals surface area contributed by atoms with Crippen LogP contribution in [0.15, 0.2) is 66.2 Å². The molecule has 0 bridgehead atoms. The topological polar surface area (TPSA) is 77.1 Å². The zero-order valence-electron chi connectivity index (χ0n) is 19.9. The van der Waals surface area contributed by atoms with Crippen LogP contribution in [0.3, 0.4) is 0 Å². The lowest BCUT2D eigenvalue weighted by Crippen LogP contribution is -2.54. The molecule has 1 fully saturated rings. The van der Waals surface area contributed by atoms with Gasteiger partial charge in [-0.1, -0.05) is 35.9 Å². The van der Waals surface area contributed by atoms with Crippen LogP contribution in [0.5, 0.6) is 17.2 Å². The van der Waals surface area contributed by atoms with E-state index < -0.39 is 11.8 Å². The number of nitrogens with zero attached hydrogens (tertiary/aromatic N) is 1. The summed E-state index contributed by atoms with van der Waals surface area (Å²) in [5, 5.41) is 3.20. The van der Waals surface area contributed by atoms with Gasteiger partial charge in [0.2, 0.25) is 0 Å². The second kappa shape index (κ2) is 11.9. The Labute approximate surface area is 238 Å². The normalized spacial score (nSPS) is 14.5. The molecule has 1 aliphatic heterocycles. The first-order valence-corrected chi connectivity index (χ1v) is 13.1. The fourth-order valence-corrected chi connectivity index (χ4v) is 4.92. The number of carbonyl (C=O) groups excluding carboxylic acids is 2. The van der Waals surface area contributed by atoms with E-state index in [0.29, 0.717) is 40.1 Å². The average molecular weight is 649 g/mol. The van der Waals surface area contributed by atoms with Gasteiger partial charge in [-0.25, -0.2) is 0 Å². The van der Waals surface area contributed by atoms with Gasteiger partial charge in [0.15, 0.2) is 16.6 Å². The monoisotopic (exact) mass is 648 g/mol. The molecule has 3 aromatic carbocycles. The van der Waals surface area contributed by atoms with Crippen molar-refractivity contribution in [2.75, 3.05) is 18.6 Å². The van der Waals surface area contributed by atoms with Gasteiger partial charge in [0.25, 0.3) is 11.8 Å². The summed E-state index contributed by atoms with van der Waals surface area (Å²) in [5.41, 5.74) is 1.84. The number of thiocarbonyl (C=S) groups is 1. The van der Waals surface area contributed by atoms with Gasteiger partial charge in [0.05, 0.1) is 23.0 Å². The molecule has 4 rings (SSSR count). The summed E-state index contributed by atoms with van der Waals surface area (Å²) in [5.74, 6) is 0.437. The van der Waals surface area contributed by atoms with Gasteiger partial charge < -0.3 is 14.2 Å². The van der Waals surface area contributed by atoms with E-state index >= 15 is 0 Å². The molecule has 0 aliphatic carbocycles. The van der Waals surface area contributed by atoms with Crippen molar-refractivity contribution in [3.63, 3.8) is 0 Å². The number of hydrogen-bond acceptors (Lipinski definition) is 6. The number of benzene rings is 3. The highest BCUT2D eigenvalue weighted by Gasteiger charge is 2.34. The van der Waals surface area contributed by atoms with Crippen LogP contribution in [0, 0.1) is 3.57 Å². The summed E-state index contributed by atoms with van der Waals surface area (Å²) in [7, 11) is 1.52. The van der Waals surface area contributed by atoms with Crippen molar-refractivity contribution < 1.29 is 23.8 Å². The summed E-state index contributed by atoms with van der Waals surface area (Å²) < 4.78 is 17.8. The van der Waals surface area contributed by atoms with Crippen molar-refractivity contribution in [3.05, 3.63) is 86.0 Å². The van der Waals surface area contributed by atoms with Gasteiger partial charge in [0, 0.05) is 16.7 Å². The third-order valence-corrected chi connectivity index (χ3v) is 6.84. The number of anilines is 1. The Kier molecular flexibility index (Phi) is 8.67. The van der Waals surface area contributed by atoms with Crippen molar-refractivity contribution in [2.24, 2.45) is 0 Å². The molecule has 3 aromatic rings. The Bertz CT molecular complexity index is 1410. The second-order valence-electron chi connectivity index (χ2n) is 7.80. The van der Waals surface area contributed by atoms with Crippen molar-refractivity contribution >= 4 is 75.1 Å². The van der Waals surface area contributed by atoms with E-state index in [0.717, 1.165) is 9.13 Å². The van der Waals surface area contributed by atoms with E-state index in [9.17, 15) is 9.59 Å². The van der Waals surface area contributed by atoms with Crippen LogP contribution in [-0.2, 0) is 16.2 Å². The van der Waals surface area contributed by atoms with Gasteiger partial charge in [0.1, 0.15) is 17.9 Å². The molecule has 190 valence electrons. The number of ether oxygens (including phenoxy) is 3. The van der Waals surface area contributed by atoms with Crippen LogP contribution < -0.4 is 24.4 Å².